The summed E-state index contributed by atoms with van der Waals surface area (Å²) < 4.78 is 14.3. The molecule has 0 unspecified atom stereocenters. The van der Waals surface area contributed by atoms with Crippen LogP contribution in [-0.2, 0) is 0 Å². The SMILES string of the molecule is O=C(O)c1ccn2nc(-c3ccc(F)cc3)nc2c1. The molecule has 0 aliphatic rings. The molecule has 0 aliphatic heterocycles. The van der Waals surface area contributed by atoms with E-state index in [4.69, 9.17) is 5.11 Å². The predicted octanol–water partition coefficient (Wildman–Crippen LogP) is 2.23. The molecule has 0 bridgehead atoms. The molecule has 0 spiro atoms. The van der Waals surface area contributed by atoms with Crippen LogP contribution in [-0.4, -0.2) is 25.7 Å². The molecule has 0 saturated carbocycles. The zero-order valence-electron chi connectivity index (χ0n) is 9.62. The van der Waals surface area contributed by atoms with Crippen LogP contribution < -0.4 is 0 Å². The monoisotopic (exact) mass is 257 g/mol. The molecule has 5 nitrogen and oxygen atoms in total. The van der Waals surface area contributed by atoms with E-state index in [9.17, 15) is 9.18 Å². The van der Waals surface area contributed by atoms with E-state index in [1.54, 1.807) is 12.1 Å². The van der Waals surface area contributed by atoms with E-state index in [-0.39, 0.29) is 11.4 Å². The third-order valence-corrected chi connectivity index (χ3v) is 2.69. The summed E-state index contributed by atoms with van der Waals surface area (Å²) in [6.07, 6.45) is 1.53. The van der Waals surface area contributed by atoms with Gasteiger partial charge in [-0.15, -0.1) is 5.10 Å². The summed E-state index contributed by atoms with van der Waals surface area (Å²) in [6.45, 7) is 0. The van der Waals surface area contributed by atoms with Gasteiger partial charge in [0, 0.05) is 11.8 Å². The van der Waals surface area contributed by atoms with Gasteiger partial charge in [-0.1, -0.05) is 0 Å². The number of pyridine rings is 1. The van der Waals surface area contributed by atoms with Crippen LogP contribution in [0, 0.1) is 5.82 Å². The van der Waals surface area contributed by atoms with Gasteiger partial charge in [0.2, 0.25) is 0 Å². The van der Waals surface area contributed by atoms with Crippen LogP contribution in [0.4, 0.5) is 4.39 Å². The number of fused-ring (bicyclic) bond motifs is 1. The number of hydrogen-bond donors (Lipinski definition) is 1. The molecule has 19 heavy (non-hydrogen) atoms. The number of halogens is 1. The fourth-order valence-corrected chi connectivity index (χ4v) is 1.74. The Bertz CT molecular complexity index is 765. The van der Waals surface area contributed by atoms with Gasteiger partial charge < -0.3 is 5.11 Å². The van der Waals surface area contributed by atoms with Crippen LogP contribution in [0.25, 0.3) is 17.0 Å². The molecule has 0 amide bonds. The first-order chi connectivity index (χ1) is 9.13. The Morgan fingerprint density at radius 1 is 1.21 bits per heavy atom. The highest BCUT2D eigenvalue weighted by Gasteiger charge is 2.09. The van der Waals surface area contributed by atoms with E-state index >= 15 is 0 Å². The first kappa shape index (κ1) is 11.3. The summed E-state index contributed by atoms with van der Waals surface area (Å²) in [4.78, 5) is 15.1. The lowest BCUT2D eigenvalue weighted by Crippen LogP contribution is -1.97. The maximum absolute atomic E-state index is 12.8. The molecule has 3 rings (SSSR count). The molecule has 0 saturated heterocycles. The molecule has 6 heteroatoms. The Morgan fingerprint density at radius 3 is 2.63 bits per heavy atom. The highest BCUT2D eigenvalue weighted by atomic mass is 19.1. The normalized spacial score (nSPS) is 10.8. The van der Waals surface area contributed by atoms with Crippen LogP contribution in [0.15, 0.2) is 42.6 Å². The Morgan fingerprint density at radius 2 is 1.95 bits per heavy atom. The number of benzene rings is 1. The fourth-order valence-electron chi connectivity index (χ4n) is 1.74. The van der Waals surface area contributed by atoms with E-state index < -0.39 is 5.97 Å². The molecule has 0 aliphatic carbocycles. The Labute approximate surface area is 107 Å². The highest BCUT2D eigenvalue weighted by Crippen LogP contribution is 2.17. The van der Waals surface area contributed by atoms with Crippen LogP contribution in [0.2, 0.25) is 0 Å². The van der Waals surface area contributed by atoms with Crippen LogP contribution in [0.3, 0.4) is 0 Å². The van der Waals surface area contributed by atoms with Crippen molar-refractivity contribution in [2.45, 2.75) is 0 Å². The van der Waals surface area contributed by atoms with Gasteiger partial charge in [-0.2, -0.15) is 0 Å². The zero-order chi connectivity index (χ0) is 13.4. The number of aromatic carboxylic acids is 1. The molecule has 2 aromatic heterocycles. The largest absolute Gasteiger partial charge is 0.478 e. The van der Waals surface area contributed by atoms with Crippen molar-refractivity contribution in [2.75, 3.05) is 0 Å². The quantitative estimate of drug-likeness (QED) is 0.764. The summed E-state index contributed by atoms with van der Waals surface area (Å²) in [6, 6.07) is 8.67. The molecule has 1 N–H and O–H groups in total. The summed E-state index contributed by atoms with van der Waals surface area (Å²) in [5.74, 6) is -0.933. The summed E-state index contributed by atoms with van der Waals surface area (Å²) in [5, 5.41) is 13.1. The molecular weight excluding hydrogens is 249 g/mol. The smallest absolute Gasteiger partial charge is 0.335 e. The first-order valence-corrected chi connectivity index (χ1v) is 5.49. The second-order valence-corrected chi connectivity index (χ2v) is 3.97. The molecule has 0 atom stereocenters. The van der Waals surface area contributed by atoms with Crippen molar-refractivity contribution in [1.82, 2.24) is 14.6 Å². The van der Waals surface area contributed by atoms with Crippen molar-refractivity contribution in [3.63, 3.8) is 0 Å². The van der Waals surface area contributed by atoms with Crippen LogP contribution in [0.1, 0.15) is 10.4 Å². The molecule has 3 aromatic rings. The number of aromatic nitrogens is 3. The van der Waals surface area contributed by atoms with Gasteiger partial charge in [-0.25, -0.2) is 18.7 Å². The topological polar surface area (TPSA) is 67.5 Å². The van der Waals surface area contributed by atoms with E-state index in [1.807, 2.05) is 0 Å². The standard InChI is InChI=1S/C13H8FN3O2/c14-10-3-1-8(2-4-10)12-15-11-7-9(13(18)19)5-6-17(11)16-12/h1-7H,(H,18,19). The van der Waals surface area contributed by atoms with Crippen molar-refractivity contribution in [3.05, 3.63) is 54.0 Å². The van der Waals surface area contributed by atoms with E-state index in [1.165, 1.54) is 35.0 Å². The van der Waals surface area contributed by atoms with Gasteiger partial charge >= 0.3 is 5.97 Å². The molecular formula is C13H8FN3O2. The van der Waals surface area contributed by atoms with Crippen molar-refractivity contribution in [3.8, 4) is 11.4 Å². The maximum Gasteiger partial charge on any atom is 0.335 e. The fraction of sp³-hybridized carbons (Fsp3) is 0. The predicted molar refractivity (Wildman–Crippen MR) is 65.3 cm³/mol. The van der Waals surface area contributed by atoms with Gasteiger partial charge in [0.25, 0.3) is 0 Å². The first-order valence-electron chi connectivity index (χ1n) is 5.49. The Kier molecular flexibility index (Phi) is 2.49. The Hall–Kier alpha value is -2.76. The highest BCUT2D eigenvalue weighted by molar-refractivity contribution is 5.88. The Balaban J connectivity index is 2.11. The van der Waals surface area contributed by atoms with Gasteiger partial charge in [0.05, 0.1) is 5.56 Å². The van der Waals surface area contributed by atoms with Crippen LogP contribution in [0.5, 0.6) is 0 Å². The minimum atomic E-state index is -1.02. The molecule has 0 fully saturated rings. The lowest BCUT2D eigenvalue weighted by molar-refractivity contribution is 0.0697. The summed E-state index contributed by atoms with van der Waals surface area (Å²) in [5.41, 5.74) is 1.24. The van der Waals surface area contributed by atoms with E-state index in [2.05, 4.69) is 10.1 Å². The third-order valence-electron chi connectivity index (χ3n) is 2.69. The van der Waals surface area contributed by atoms with Crippen molar-refractivity contribution in [2.24, 2.45) is 0 Å². The minimum absolute atomic E-state index is 0.144. The number of carbonyl (C=O) groups is 1. The van der Waals surface area contributed by atoms with Gasteiger partial charge in [0.1, 0.15) is 5.82 Å². The zero-order valence-corrected chi connectivity index (χ0v) is 9.62. The van der Waals surface area contributed by atoms with Crippen molar-refractivity contribution >= 4 is 11.6 Å². The van der Waals surface area contributed by atoms with Crippen molar-refractivity contribution < 1.29 is 14.3 Å². The molecule has 0 radical (unpaired) electrons. The number of carboxylic acid groups (broad SMARTS) is 1. The lowest BCUT2D eigenvalue weighted by Gasteiger charge is -1.93. The van der Waals surface area contributed by atoms with E-state index in [0.29, 0.717) is 17.0 Å². The van der Waals surface area contributed by atoms with Gasteiger partial charge in [0.15, 0.2) is 11.5 Å². The lowest BCUT2D eigenvalue weighted by atomic mass is 10.2. The van der Waals surface area contributed by atoms with Gasteiger partial charge in [-0.3, -0.25) is 0 Å². The minimum Gasteiger partial charge on any atom is -0.478 e. The van der Waals surface area contributed by atoms with Crippen LogP contribution >= 0.6 is 0 Å². The number of hydrogen-bond acceptors (Lipinski definition) is 3. The molecule has 2 heterocycles. The molecule has 94 valence electrons. The maximum atomic E-state index is 12.8. The number of rotatable bonds is 2. The summed E-state index contributed by atoms with van der Waals surface area (Å²) in [7, 11) is 0. The average molecular weight is 257 g/mol. The van der Waals surface area contributed by atoms with Gasteiger partial charge in [-0.05, 0) is 36.4 Å². The number of carboxylic acids is 1. The number of nitrogens with zero attached hydrogens (tertiary/aromatic N) is 3. The van der Waals surface area contributed by atoms with Crippen molar-refractivity contribution in [1.29, 1.82) is 0 Å². The second kappa shape index (κ2) is 4.16. The molecule has 1 aromatic carbocycles. The second-order valence-electron chi connectivity index (χ2n) is 3.97. The third kappa shape index (κ3) is 2.03. The average Bonchev–Trinajstić information content (AvgIpc) is 2.82. The summed E-state index contributed by atoms with van der Waals surface area (Å²) >= 11 is 0. The van der Waals surface area contributed by atoms with E-state index in [0.717, 1.165) is 0 Å².